The average molecular weight is 925 g/mol. The zero-order valence-corrected chi connectivity index (χ0v) is 38.4. The summed E-state index contributed by atoms with van der Waals surface area (Å²) in [5.74, 6) is -0.107. The van der Waals surface area contributed by atoms with Crippen LogP contribution in [0, 0.1) is 17.8 Å². The lowest BCUT2D eigenvalue weighted by molar-refractivity contribution is -0.140. The van der Waals surface area contributed by atoms with Crippen molar-refractivity contribution in [3.05, 3.63) is 108 Å². The molecule has 2 saturated heterocycles. The van der Waals surface area contributed by atoms with Crippen LogP contribution in [0.1, 0.15) is 82.2 Å². The number of ether oxygens (including phenoxy) is 2. The Labute approximate surface area is 391 Å². The van der Waals surface area contributed by atoms with Crippen LogP contribution in [0.25, 0.3) is 54.7 Å². The molecule has 352 valence electrons. The van der Waals surface area contributed by atoms with E-state index in [9.17, 15) is 28.0 Å². The molecule has 3 fully saturated rings. The summed E-state index contributed by atoms with van der Waals surface area (Å²) in [6, 6.07) is 27.4. The SMILES string of the molecule is COC(=O)N[C@H](C(=O)N1CCCC1(C)c1nc2c(ccc3cc(-c4ccc5c(ccc6[nH]c([C@@H]7C[C@H](COC(F)F)CN7C(=O)[C@H](NC(=O)C7CC7)c7ccccc7)nc65)c4)ccc32)[nH]1)C(C)C. The van der Waals surface area contributed by atoms with Crippen LogP contribution in [-0.4, -0.2) is 93.0 Å². The number of nitrogens with zero attached hydrogens (tertiary/aromatic N) is 4. The first kappa shape index (κ1) is 44.9. The van der Waals surface area contributed by atoms with Gasteiger partial charge in [-0.1, -0.05) is 80.6 Å². The molecule has 1 unspecified atom stereocenters. The van der Waals surface area contributed by atoms with E-state index in [1.807, 2.05) is 68.1 Å². The number of nitrogens with one attached hydrogen (secondary N) is 4. The standard InChI is InChI=1S/C52H54F2N8O6/c1-28(2)41(60-51(66)67-4)48(65)62-22-8-21-52(62,3)49-56-39-20-16-35-25-33(14-18-37(35)44(39)59-49)32-13-17-36-34(24-32)15-19-38-43(36)57-45(55-38)40-23-29(27-68-50(53)54)26-61(40)47(64)42(30-9-6-5-7-10-30)58-46(63)31-11-12-31/h5-7,9-10,13-20,24-25,28-29,31,40-42,50H,8,11-12,21-23,26-27H2,1-4H3,(H,55,57)(H,56,59)(H,58,63)(H,60,66)/t29-,40-,41-,42+,52?/m0/s1. The molecule has 16 heteroatoms. The number of alkyl carbamates (subject to hydrolysis) is 1. The maximum atomic E-state index is 14.6. The van der Waals surface area contributed by atoms with Gasteiger partial charge < -0.3 is 39.9 Å². The molecule has 2 aliphatic heterocycles. The summed E-state index contributed by atoms with van der Waals surface area (Å²) in [7, 11) is 1.28. The van der Waals surface area contributed by atoms with Crippen molar-refractivity contribution in [1.82, 2.24) is 40.4 Å². The third-order valence-corrected chi connectivity index (χ3v) is 14.2. The predicted octanol–water partition coefficient (Wildman–Crippen LogP) is 9.03. The molecule has 2 aromatic heterocycles. The van der Waals surface area contributed by atoms with E-state index in [1.54, 1.807) is 17.0 Å². The normalized spacial score (nSPS) is 20.5. The molecule has 4 amide bonds. The Bertz CT molecular complexity index is 3080. The number of hydrogen-bond acceptors (Lipinski definition) is 8. The molecule has 4 N–H and O–H groups in total. The Hall–Kier alpha value is -6.94. The summed E-state index contributed by atoms with van der Waals surface area (Å²) in [5, 5.41) is 9.54. The van der Waals surface area contributed by atoms with Gasteiger partial charge in [0, 0.05) is 35.7 Å². The van der Waals surface area contributed by atoms with Crippen molar-refractivity contribution in [3.63, 3.8) is 0 Å². The number of hydrogen-bond donors (Lipinski definition) is 4. The first-order valence-electron chi connectivity index (χ1n) is 23.4. The third-order valence-electron chi connectivity index (χ3n) is 14.2. The van der Waals surface area contributed by atoms with Crippen molar-refractivity contribution < 1.29 is 37.4 Å². The number of fused-ring (bicyclic) bond motifs is 6. The van der Waals surface area contributed by atoms with Gasteiger partial charge in [0.1, 0.15) is 23.7 Å². The number of imidazole rings is 2. The summed E-state index contributed by atoms with van der Waals surface area (Å²) >= 11 is 0. The molecule has 5 aromatic carbocycles. The molecule has 1 aliphatic carbocycles. The third kappa shape index (κ3) is 8.39. The maximum absolute atomic E-state index is 14.6. The average Bonchev–Trinajstić information content (AvgIpc) is 3.63. The van der Waals surface area contributed by atoms with E-state index in [4.69, 9.17) is 19.4 Å². The minimum absolute atomic E-state index is 0.121. The molecule has 3 aliphatic rings. The van der Waals surface area contributed by atoms with Crippen LogP contribution in [-0.2, 0) is 29.4 Å². The van der Waals surface area contributed by atoms with Crippen molar-refractivity contribution in [1.29, 1.82) is 0 Å². The van der Waals surface area contributed by atoms with Gasteiger partial charge in [0.15, 0.2) is 0 Å². The summed E-state index contributed by atoms with van der Waals surface area (Å²) in [6.07, 6.45) is 2.77. The summed E-state index contributed by atoms with van der Waals surface area (Å²) in [4.78, 5) is 74.5. The molecule has 0 spiro atoms. The predicted molar refractivity (Wildman–Crippen MR) is 253 cm³/mol. The zero-order chi connectivity index (χ0) is 47.4. The molecule has 0 radical (unpaired) electrons. The molecular formula is C52H54F2N8O6. The number of halogens is 2. The minimum Gasteiger partial charge on any atom is -0.453 e. The van der Waals surface area contributed by atoms with Crippen LogP contribution in [0.4, 0.5) is 13.6 Å². The fourth-order valence-corrected chi connectivity index (χ4v) is 10.3. The lowest BCUT2D eigenvalue weighted by Gasteiger charge is -2.37. The fourth-order valence-electron chi connectivity index (χ4n) is 10.3. The van der Waals surface area contributed by atoms with Gasteiger partial charge in [-0.2, -0.15) is 8.78 Å². The van der Waals surface area contributed by atoms with Gasteiger partial charge in [-0.25, -0.2) is 14.8 Å². The highest BCUT2D eigenvalue weighted by Crippen LogP contribution is 2.42. The highest BCUT2D eigenvalue weighted by atomic mass is 19.3. The van der Waals surface area contributed by atoms with E-state index in [2.05, 4.69) is 57.0 Å². The van der Waals surface area contributed by atoms with Gasteiger partial charge >= 0.3 is 12.7 Å². The Balaban J connectivity index is 0.931. The monoisotopic (exact) mass is 924 g/mol. The number of likely N-dealkylation sites (tertiary alicyclic amines) is 2. The molecule has 0 bridgehead atoms. The first-order valence-corrected chi connectivity index (χ1v) is 23.4. The Morgan fingerprint density at radius 3 is 2.13 bits per heavy atom. The second kappa shape index (κ2) is 17.9. The van der Waals surface area contributed by atoms with Crippen molar-refractivity contribution >= 4 is 67.4 Å². The van der Waals surface area contributed by atoms with Crippen LogP contribution in [0.5, 0.6) is 0 Å². The van der Waals surface area contributed by atoms with Gasteiger partial charge in [-0.05, 0) is 96.7 Å². The number of benzene rings is 5. The van der Waals surface area contributed by atoms with Crippen molar-refractivity contribution in [2.24, 2.45) is 17.8 Å². The molecule has 4 heterocycles. The Kier molecular flexibility index (Phi) is 11.8. The largest absolute Gasteiger partial charge is 0.453 e. The van der Waals surface area contributed by atoms with E-state index in [1.165, 1.54) is 7.11 Å². The van der Waals surface area contributed by atoms with E-state index >= 15 is 0 Å². The second-order valence-electron chi connectivity index (χ2n) is 19.1. The Morgan fingerprint density at radius 2 is 1.50 bits per heavy atom. The highest BCUT2D eigenvalue weighted by molar-refractivity contribution is 6.07. The van der Waals surface area contributed by atoms with Crippen molar-refractivity contribution in [3.8, 4) is 11.1 Å². The van der Waals surface area contributed by atoms with Crippen LogP contribution in [0.3, 0.4) is 0 Å². The number of methoxy groups -OCH3 is 1. The molecule has 10 rings (SSSR count). The second-order valence-corrected chi connectivity index (χ2v) is 19.1. The number of alkyl halides is 2. The topological polar surface area (TPSA) is 175 Å². The summed E-state index contributed by atoms with van der Waals surface area (Å²) in [6.45, 7) is 3.36. The summed E-state index contributed by atoms with van der Waals surface area (Å²) < 4.78 is 36.1. The molecule has 14 nitrogen and oxygen atoms in total. The number of H-pyrrole nitrogens is 2. The smallest absolute Gasteiger partial charge is 0.407 e. The van der Waals surface area contributed by atoms with Gasteiger partial charge in [0.25, 0.3) is 0 Å². The number of aromatic nitrogens is 4. The first-order chi connectivity index (χ1) is 32.8. The zero-order valence-electron chi connectivity index (χ0n) is 38.4. The molecule has 7 aromatic rings. The van der Waals surface area contributed by atoms with E-state index < -0.39 is 36.4 Å². The number of carbonyl (C=O) groups excluding carboxylic acids is 4. The number of rotatable bonds is 13. The summed E-state index contributed by atoms with van der Waals surface area (Å²) in [5.41, 5.74) is 5.10. The molecular weight excluding hydrogens is 871 g/mol. The number of amides is 4. The van der Waals surface area contributed by atoms with E-state index in [-0.39, 0.29) is 48.6 Å². The molecule has 5 atom stereocenters. The highest BCUT2D eigenvalue weighted by Gasteiger charge is 2.46. The van der Waals surface area contributed by atoms with Crippen molar-refractivity contribution in [2.45, 2.75) is 83.2 Å². The van der Waals surface area contributed by atoms with Crippen LogP contribution in [0.15, 0.2) is 91.0 Å². The molecule has 68 heavy (non-hydrogen) atoms. The number of aromatic amines is 2. The minimum atomic E-state index is -2.94. The number of carbonyl (C=O) groups is 4. The lowest BCUT2D eigenvalue weighted by atomic mass is 9.95. The van der Waals surface area contributed by atoms with Crippen molar-refractivity contribution in [2.75, 3.05) is 26.8 Å². The van der Waals surface area contributed by atoms with Crippen LogP contribution in [0.2, 0.25) is 0 Å². The van der Waals surface area contributed by atoms with Crippen LogP contribution < -0.4 is 10.6 Å². The van der Waals surface area contributed by atoms with Crippen LogP contribution >= 0.6 is 0 Å². The van der Waals surface area contributed by atoms with Gasteiger partial charge in [0.2, 0.25) is 17.7 Å². The van der Waals surface area contributed by atoms with Gasteiger partial charge in [0.05, 0.1) is 47.4 Å². The molecule has 1 saturated carbocycles. The van der Waals surface area contributed by atoms with Gasteiger partial charge in [-0.15, -0.1) is 0 Å². The maximum Gasteiger partial charge on any atom is 0.407 e. The lowest BCUT2D eigenvalue weighted by Crippen LogP contribution is -2.55. The quantitative estimate of drug-likeness (QED) is 0.0887. The van der Waals surface area contributed by atoms with Gasteiger partial charge in [-0.3, -0.25) is 14.4 Å². The van der Waals surface area contributed by atoms with E-state index in [0.29, 0.717) is 36.6 Å². The van der Waals surface area contributed by atoms with E-state index in [0.717, 1.165) is 74.0 Å². The fraction of sp³-hybridized carbons (Fsp3) is 0.385. The Morgan fingerprint density at radius 1 is 0.838 bits per heavy atom.